The van der Waals surface area contributed by atoms with Gasteiger partial charge in [-0.05, 0) is 17.2 Å². The van der Waals surface area contributed by atoms with E-state index in [1.165, 1.54) is 0 Å². The van der Waals surface area contributed by atoms with E-state index in [0.29, 0.717) is 6.61 Å². The minimum atomic E-state index is -0.445. The number of benzene rings is 2. The smallest absolute Gasteiger partial charge is 0.316 e. The average Bonchev–Trinajstić information content (AvgIpc) is 2.90. The van der Waals surface area contributed by atoms with E-state index in [1.807, 2.05) is 54.6 Å². The first-order valence-corrected chi connectivity index (χ1v) is 6.15. The average molecular weight is 251 g/mol. The monoisotopic (exact) mass is 251 g/mol. The van der Waals surface area contributed by atoms with E-state index >= 15 is 0 Å². The Morgan fingerprint density at radius 1 is 1.11 bits per heavy atom. The highest BCUT2D eigenvalue weighted by atomic mass is 16.5. The minimum Gasteiger partial charge on any atom is -0.460 e. The highest BCUT2D eigenvalue weighted by Crippen LogP contribution is 2.34. The molecule has 2 radical (unpaired) electrons. The maximum atomic E-state index is 12.1. The van der Waals surface area contributed by atoms with Crippen LogP contribution in [-0.4, -0.2) is 5.97 Å². The van der Waals surface area contributed by atoms with E-state index in [0.717, 1.165) is 16.8 Å². The van der Waals surface area contributed by atoms with Crippen LogP contribution in [0, 0.1) is 6.54 Å². The number of hydrogen-bond acceptors (Lipinski definition) is 3. The van der Waals surface area contributed by atoms with Gasteiger partial charge in [-0.15, -0.1) is 0 Å². The Labute approximate surface area is 112 Å². The summed E-state index contributed by atoms with van der Waals surface area (Å²) in [6.07, 6.45) is 0. The van der Waals surface area contributed by atoms with Gasteiger partial charge in [0.1, 0.15) is 19.1 Å². The number of carbonyl (C=O) groups excluding carboxylic acids is 1. The first kappa shape index (κ1) is 11.8. The van der Waals surface area contributed by atoms with Gasteiger partial charge < -0.3 is 10.1 Å². The van der Waals surface area contributed by atoms with Crippen molar-refractivity contribution >= 4 is 11.7 Å². The molecule has 94 valence electrons. The standard InChI is InChI=1S/C16H13NO2/c18-16(19-11-12-6-2-1-3-7-12)14-10-17-15-9-5-4-8-13(14)15/h1-9,14,17H,11H2. The molecule has 3 nitrogen and oxygen atoms in total. The molecule has 0 fully saturated rings. The van der Waals surface area contributed by atoms with Crippen LogP contribution in [-0.2, 0) is 16.1 Å². The third-order valence-electron chi connectivity index (χ3n) is 3.08. The zero-order chi connectivity index (χ0) is 13.1. The first-order valence-electron chi connectivity index (χ1n) is 6.15. The van der Waals surface area contributed by atoms with Gasteiger partial charge in [-0.3, -0.25) is 4.79 Å². The van der Waals surface area contributed by atoms with Crippen LogP contribution >= 0.6 is 0 Å². The van der Waals surface area contributed by atoms with E-state index in [1.54, 1.807) is 0 Å². The molecule has 0 spiro atoms. The van der Waals surface area contributed by atoms with Crippen molar-refractivity contribution in [3.8, 4) is 0 Å². The number of esters is 1. The Hall–Kier alpha value is -2.29. The van der Waals surface area contributed by atoms with Crippen molar-refractivity contribution < 1.29 is 9.53 Å². The van der Waals surface area contributed by atoms with Crippen LogP contribution in [0.5, 0.6) is 0 Å². The fourth-order valence-corrected chi connectivity index (χ4v) is 2.09. The highest BCUT2D eigenvalue weighted by molar-refractivity contribution is 5.85. The van der Waals surface area contributed by atoms with Crippen molar-refractivity contribution in [1.29, 1.82) is 0 Å². The number of para-hydroxylation sites is 1. The summed E-state index contributed by atoms with van der Waals surface area (Å²) in [6.45, 7) is 3.23. The highest BCUT2D eigenvalue weighted by Gasteiger charge is 2.30. The van der Waals surface area contributed by atoms with Gasteiger partial charge in [-0.25, -0.2) is 0 Å². The maximum absolute atomic E-state index is 12.1. The van der Waals surface area contributed by atoms with E-state index in [4.69, 9.17) is 4.74 Å². The molecule has 1 heterocycles. The molecule has 0 aromatic heterocycles. The van der Waals surface area contributed by atoms with Crippen LogP contribution in [0.2, 0.25) is 0 Å². The maximum Gasteiger partial charge on any atom is 0.316 e. The number of anilines is 1. The van der Waals surface area contributed by atoms with Crippen molar-refractivity contribution in [1.82, 2.24) is 0 Å². The Morgan fingerprint density at radius 3 is 2.68 bits per heavy atom. The molecule has 1 aliphatic rings. The first-order chi connectivity index (χ1) is 9.34. The number of hydrogen-bond donors (Lipinski definition) is 1. The van der Waals surface area contributed by atoms with Crippen molar-refractivity contribution in [2.75, 3.05) is 5.32 Å². The van der Waals surface area contributed by atoms with Crippen LogP contribution < -0.4 is 5.32 Å². The molecule has 1 aliphatic heterocycles. The number of rotatable bonds is 3. The predicted octanol–water partition coefficient (Wildman–Crippen LogP) is 2.98. The van der Waals surface area contributed by atoms with Crippen LogP contribution in [0.1, 0.15) is 17.0 Å². The topological polar surface area (TPSA) is 38.3 Å². The van der Waals surface area contributed by atoms with Crippen LogP contribution in [0.15, 0.2) is 54.6 Å². The number of ether oxygens (including phenoxy) is 1. The molecule has 1 N–H and O–H groups in total. The van der Waals surface area contributed by atoms with Crippen LogP contribution in [0.25, 0.3) is 0 Å². The molecule has 0 saturated heterocycles. The Balaban J connectivity index is 1.66. The van der Waals surface area contributed by atoms with Gasteiger partial charge in [-0.1, -0.05) is 48.5 Å². The largest absolute Gasteiger partial charge is 0.460 e. The molecular weight excluding hydrogens is 238 g/mol. The molecule has 3 heteroatoms. The molecular formula is C16H13NO2. The molecule has 1 atom stereocenters. The van der Waals surface area contributed by atoms with E-state index < -0.39 is 5.92 Å². The number of nitrogens with one attached hydrogen (secondary N) is 1. The summed E-state index contributed by atoms with van der Waals surface area (Å²) in [5.41, 5.74) is 2.82. The third-order valence-corrected chi connectivity index (χ3v) is 3.08. The van der Waals surface area contributed by atoms with Crippen molar-refractivity contribution in [3.05, 3.63) is 72.3 Å². The lowest BCUT2D eigenvalue weighted by Gasteiger charge is -2.09. The summed E-state index contributed by atoms with van der Waals surface area (Å²) in [4.78, 5) is 12.1. The number of carbonyl (C=O) groups is 1. The van der Waals surface area contributed by atoms with E-state index in [2.05, 4.69) is 11.9 Å². The molecule has 2 aromatic rings. The van der Waals surface area contributed by atoms with Gasteiger partial charge in [-0.2, -0.15) is 0 Å². The molecule has 0 bridgehead atoms. The summed E-state index contributed by atoms with van der Waals surface area (Å²) in [5, 5.41) is 2.98. The molecule has 19 heavy (non-hydrogen) atoms. The van der Waals surface area contributed by atoms with E-state index in [9.17, 15) is 4.79 Å². The summed E-state index contributed by atoms with van der Waals surface area (Å²) >= 11 is 0. The Kier molecular flexibility index (Phi) is 3.19. The van der Waals surface area contributed by atoms with Crippen LogP contribution in [0.3, 0.4) is 0 Å². The minimum absolute atomic E-state index is 0.277. The lowest BCUT2D eigenvalue weighted by Crippen LogP contribution is -2.14. The lowest BCUT2D eigenvalue weighted by atomic mass is 10.0. The van der Waals surface area contributed by atoms with E-state index in [-0.39, 0.29) is 5.97 Å². The Morgan fingerprint density at radius 2 is 1.84 bits per heavy atom. The van der Waals surface area contributed by atoms with Crippen molar-refractivity contribution in [2.24, 2.45) is 0 Å². The Bertz CT molecular complexity index is 580. The summed E-state index contributed by atoms with van der Waals surface area (Å²) in [6, 6.07) is 17.3. The van der Waals surface area contributed by atoms with Crippen LogP contribution in [0.4, 0.5) is 5.69 Å². The summed E-state index contributed by atoms with van der Waals surface area (Å²) < 4.78 is 5.33. The molecule has 0 aliphatic carbocycles. The molecule has 1 unspecified atom stereocenters. The SMILES string of the molecule is O=C(OCc1ccccc1)C1[C]Nc2ccccc21. The normalized spacial score (nSPS) is 16.5. The molecule has 0 amide bonds. The van der Waals surface area contributed by atoms with Gasteiger partial charge in [0.15, 0.2) is 0 Å². The quantitative estimate of drug-likeness (QED) is 0.852. The molecule has 0 saturated carbocycles. The van der Waals surface area contributed by atoms with Gasteiger partial charge >= 0.3 is 5.97 Å². The fraction of sp³-hybridized carbons (Fsp3) is 0.125. The lowest BCUT2D eigenvalue weighted by molar-refractivity contribution is -0.145. The molecule has 3 rings (SSSR count). The second-order valence-corrected chi connectivity index (χ2v) is 4.38. The second kappa shape index (κ2) is 5.14. The van der Waals surface area contributed by atoms with Gasteiger partial charge in [0.25, 0.3) is 0 Å². The zero-order valence-electron chi connectivity index (χ0n) is 10.3. The third kappa shape index (κ3) is 2.45. The van der Waals surface area contributed by atoms with Gasteiger partial charge in [0, 0.05) is 5.69 Å². The van der Waals surface area contributed by atoms with Gasteiger partial charge in [0.2, 0.25) is 0 Å². The zero-order valence-corrected chi connectivity index (χ0v) is 10.3. The van der Waals surface area contributed by atoms with Crippen molar-refractivity contribution in [3.63, 3.8) is 0 Å². The molecule has 2 aromatic carbocycles. The van der Waals surface area contributed by atoms with Gasteiger partial charge in [0.05, 0.1) is 0 Å². The fourth-order valence-electron chi connectivity index (χ4n) is 2.09. The number of fused-ring (bicyclic) bond motifs is 1. The van der Waals surface area contributed by atoms with Crippen molar-refractivity contribution in [2.45, 2.75) is 12.5 Å². The second-order valence-electron chi connectivity index (χ2n) is 4.38. The predicted molar refractivity (Wildman–Crippen MR) is 72.3 cm³/mol. The summed E-state index contributed by atoms with van der Waals surface area (Å²) in [7, 11) is 0. The summed E-state index contributed by atoms with van der Waals surface area (Å²) in [5.74, 6) is -0.721.